The van der Waals surface area contributed by atoms with Gasteiger partial charge in [-0.05, 0) is 60.6 Å². The Kier molecular flexibility index (Phi) is 4.13. The molecule has 0 radical (unpaired) electrons. The maximum absolute atomic E-state index is 9.97. The van der Waals surface area contributed by atoms with Gasteiger partial charge < -0.3 is 0 Å². The van der Waals surface area contributed by atoms with Crippen LogP contribution in [0.25, 0.3) is 106 Å². The molecule has 0 aliphatic heterocycles. The van der Waals surface area contributed by atoms with E-state index in [1.54, 1.807) is 57.9 Å². The van der Waals surface area contributed by atoms with Gasteiger partial charge in [-0.2, -0.15) is 0 Å². The predicted molar refractivity (Wildman–Crippen MR) is 232 cm³/mol. The molecule has 0 amide bonds. The molecule has 266 valence electrons. The number of hydrogen-bond acceptors (Lipinski definition) is 4. The zero-order valence-electron chi connectivity index (χ0n) is 46.2. The fraction of sp³-hybridized carbons (Fsp3) is 0. The molecule has 0 saturated carbocycles. The first-order chi connectivity index (χ1) is 35.4. The van der Waals surface area contributed by atoms with Crippen molar-refractivity contribution in [2.24, 2.45) is 0 Å². The van der Waals surface area contributed by atoms with Crippen molar-refractivity contribution in [3.05, 3.63) is 188 Å². The van der Waals surface area contributed by atoms with Crippen LogP contribution in [0.1, 0.15) is 23.3 Å². The Labute approximate surface area is 350 Å². The number of benzene rings is 6. The summed E-state index contributed by atoms with van der Waals surface area (Å²) in [5, 5.41) is 1.95. The van der Waals surface area contributed by atoms with Gasteiger partial charge in [0.2, 0.25) is 0 Å². The van der Waals surface area contributed by atoms with Crippen molar-refractivity contribution in [2.75, 3.05) is 0 Å². The second-order valence-corrected chi connectivity index (χ2v) is 13.0. The summed E-state index contributed by atoms with van der Waals surface area (Å²) in [5.74, 6) is -1.24. The topological polar surface area (TPSA) is 66.3 Å². The van der Waals surface area contributed by atoms with Gasteiger partial charge >= 0.3 is 0 Å². The highest BCUT2D eigenvalue weighted by atomic mass is 15.1. The van der Waals surface area contributed by atoms with E-state index in [1.807, 2.05) is 36.4 Å². The van der Waals surface area contributed by atoms with E-state index in [0.717, 1.165) is 4.57 Å². The van der Waals surface area contributed by atoms with Crippen LogP contribution in [0.2, 0.25) is 0 Å². The van der Waals surface area contributed by atoms with Gasteiger partial charge in [0.15, 0.2) is 5.82 Å². The van der Waals surface area contributed by atoms with Crippen LogP contribution in [-0.2, 0) is 0 Å². The van der Waals surface area contributed by atoms with Crippen LogP contribution < -0.4 is 0 Å². The molecule has 0 unspecified atom stereocenters. The van der Waals surface area contributed by atoms with Gasteiger partial charge in [-0.3, -0.25) is 13.7 Å². The van der Waals surface area contributed by atoms with Crippen molar-refractivity contribution in [1.82, 2.24) is 33.6 Å². The largest absolute Gasteiger partial charge is 0.294 e. The van der Waals surface area contributed by atoms with Crippen LogP contribution in [0.15, 0.2) is 188 Å². The predicted octanol–water partition coefficient (Wildman–Crippen LogP) is 11.9. The van der Waals surface area contributed by atoms with Crippen molar-refractivity contribution >= 4 is 65.7 Å². The van der Waals surface area contributed by atoms with Crippen LogP contribution in [-0.4, -0.2) is 33.6 Å². The molecule has 12 rings (SSSR count). The van der Waals surface area contributed by atoms with Crippen molar-refractivity contribution in [3.63, 3.8) is 0 Å². The first-order valence-corrected chi connectivity index (χ1v) is 17.7. The van der Waals surface area contributed by atoms with Crippen LogP contribution in [0.3, 0.4) is 0 Å². The summed E-state index contributed by atoms with van der Waals surface area (Å²) in [5.41, 5.74) is -0.911. The minimum atomic E-state index is -0.826. The molecule has 57 heavy (non-hydrogen) atoms. The summed E-state index contributed by atoms with van der Waals surface area (Å²) >= 11 is 0. The molecule has 6 aromatic heterocycles. The van der Waals surface area contributed by atoms with Crippen molar-refractivity contribution in [3.8, 4) is 39.8 Å². The Hall–Kier alpha value is -7.90. The average molecular weight is 747 g/mol. The molecule has 0 bridgehead atoms. The first-order valence-electron chi connectivity index (χ1n) is 26.2. The number of fused-ring (bicyclic) bond motifs is 9. The van der Waals surface area contributed by atoms with Gasteiger partial charge in [0, 0.05) is 61.9 Å². The number of pyridine rings is 2. The van der Waals surface area contributed by atoms with E-state index in [1.165, 1.54) is 0 Å². The Morgan fingerprint density at radius 2 is 1.02 bits per heavy atom. The number of aromatic nitrogens is 7. The maximum atomic E-state index is 9.97. The third-order valence-electron chi connectivity index (χ3n) is 10.0. The second-order valence-electron chi connectivity index (χ2n) is 13.0. The summed E-state index contributed by atoms with van der Waals surface area (Å²) in [7, 11) is 0. The van der Waals surface area contributed by atoms with Gasteiger partial charge in [0.1, 0.15) is 17.1 Å². The molecular weight excluding hydrogens is 699 g/mol. The molecule has 0 N–H and O–H groups in total. The lowest BCUT2D eigenvalue weighted by Gasteiger charge is -2.20. The van der Waals surface area contributed by atoms with Crippen molar-refractivity contribution < 1.29 is 23.3 Å². The van der Waals surface area contributed by atoms with Gasteiger partial charge in [-0.1, -0.05) is 109 Å². The molecule has 0 spiro atoms. The third-order valence-corrected chi connectivity index (χ3v) is 10.0. The molecule has 0 aliphatic rings. The lowest BCUT2D eigenvalue weighted by molar-refractivity contribution is 1.03. The molecule has 6 heterocycles. The Bertz CT molecular complexity index is 4330. The zero-order valence-corrected chi connectivity index (χ0v) is 29.2. The number of hydrogen-bond donors (Lipinski definition) is 0. The molecule has 0 aliphatic carbocycles. The Morgan fingerprint density at radius 3 is 1.70 bits per heavy atom. The number of rotatable bonds is 5. The highest BCUT2D eigenvalue weighted by Gasteiger charge is 2.25. The zero-order chi connectivity index (χ0) is 52.2. The minimum Gasteiger partial charge on any atom is -0.294 e. The summed E-state index contributed by atoms with van der Waals surface area (Å²) < 4.78 is 160. The molecule has 12 aromatic rings. The highest BCUT2D eigenvalue weighted by molar-refractivity contribution is 6.11. The smallest absolute Gasteiger partial charge is 0.164 e. The van der Waals surface area contributed by atoms with E-state index in [0.29, 0.717) is 43.9 Å². The first kappa shape index (κ1) is 19.1. The van der Waals surface area contributed by atoms with Crippen LogP contribution in [0.4, 0.5) is 0 Å². The third kappa shape index (κ3) is 4.66. The molecule has 6 aromatic carbocycles. The normalized spacial score (nSPS) is 16.0. The van der Waals surface area contributed by atoms with Gasteiger partial charge in [-0.25, -0.2) is 19.9 Å². The Morgan fingerprint density at radius 1 is 0.439 bits per heavy atom. The van der Waals surface area contributed by atoms with E-state index < -0.39 is 137 Å². The fourth-order valence-electron chi connectivity index (χ4n) is 7.71. The standard InChI is InChI=1S/C50H31N7/c1-2-15-32(16-3-1)40-31-46(55-41-24-8-4-17-33(41)34-18-5-9-25-42(34)55)54-48(53-40)39-21-12-28-45(56-43-26-10-6-19-35(43)37-22-13-29-51-49(37)56)47(39)57-44-27-11-7-20-36(44)38-23-14-30-52-50(38)57/h1-31H/i1D,2D,3D,4D,5D,8D,9D,12D,15D,16D,17D,18D,21D,24D,25D,28D,31D. The maximum Gasteiger partial charge on any atom is 0.164 e. The molecule has 0 fully saturated rings. The lowest BCUT2D eigenvalue weighted by Crippen LogP contribution is -2.09. The quantitative estimate of drug-likeness (QED) is 0.176. The summed E-state index contributed by atoms with van der Waals surface area (Å²) in [6, 6.07) is 9.14. The fourth-order valence-corrected chi connectivity index (χ4v) is 7.71. The minimum absolute atomic E-state index is 0.0243. The number of nitrogens with zero attached hydrogens (tertiary/aromatic N) is 7. The van der Waals surface area contributed by atoms with Gasteiger partial charge in [0.05, 0.1) is 62.4 Å². The van der Waals surface area contributed by atoms with E-state index in [4.69, 9.17) is 35.0 Å². The molecule has 7 heteroatoms. The van der Waals surface area contributed by atoms with E-state index in [2.05, 4.69) is 0 Å². The molecule has 0 atom stereocenters. The Balaban J connectivity index is 1.37. The summed E-state index contributed by atoms with van der Waals surface area (Å²) in [4.78, 5) is 19.4. The van der Waals surface area contributed by atoms with Crippen LogP contribution in [0.5, 0.6) is 0 Å². The van der Waals surface area contributed by atoms with E-state index in [9.17, 15) is 8.22 Å². The summed E-state index contributed by atoms with van der Waals surface area (Å²) in [6.45, 7) is 0. The van der Waals surface area contributed by atoms with E-state index >= 15 is 0 Å². The highest BCUT2D eigenvalue weighted by Crippen LogP contribution is 2.41. The second kappa shape index (κ2) is 12.3. The lowest BCUT2D eigenvalue weighted by atomic mass is 10.1. The van der Waals surface area contributed by atoms with Crippen LogP contribution in [0, 0.1) is 0 Å². The monoisotopic (exact) mass is 746 g/mol. The van der Waals surface area contributed by atoms with Crippen LogP contribution >= 0.6 is 0 Å². The SMILES string of the molecule is [2H]c1c(-c2c([2H])c([2H])c([2H])c([2H])c2[2H])nc(-c2c([2H])c([2H])c([2H])c(-n3c4ccccc4c4cccnc43)c2-n2c3ccccc3c3cccnc32)nc1-n1c2c([2H])c([2H])c([2H])c([2H])c2c2c([2H])c([2H])c([2H])c([2H])c21. The molecule has 0 saturated heterocycles. The number of para-hydroxylation sites is 5. The molecular formula is C50H31N7. The van der Waals surface area contributed by atoms with Crippen molar-refractivity contribution in [2.45, 2.75) is 0 Å². The van der Waals surface area contributed by atoms with E-state index in [-0.39, 0.29) is 27.7 Å². The summed E-state index contributed by atoms with van der Waals surface area (Å²) in [6.07, 6.45) is 3.11. The average Bonchev–Trinajstić information content (AvgIpc) is 4.08. The molecule has 7 nitrogen and oxygen atoms in total. The van der Waals surface area contributed by atoms with Crippen molar-refractivity contribution in [1.29, 1.82) is 0 Å². The van der Waals surface area contributed by atoms with Gasteiger partial charge in [0.25, 0.3) is 0 Å². The van der Waals surface area contributed by atoms with Gasteiger partial charge in [-0.15, -0.1) is 0 Å².